The van der Waals surface area contributed by atoms with Crippen molar-refractivity contribution in [1.29, 1.82) is 0 Å². The van der Waals surface area contributed by atoms with Gasteiger partial charge in [0.25, 0.3) is 0 Å². The Bertz CT molecular complexity index is 281. The van der Waals surface area contributed by atoms with Crippen LogP contribution in [0.2, 0.25) is 0 Å². The standard InChI is InChI=1S/C13H24N2O2/c1-10(2)15-6-4-5-11(15)7-13(3)9-14-12(16)8-17-13/h10-11H,4-9H2,1-3H3,(H,14,16). The Balaban J connectivity index is 1.93. The summed E-state index contributed by atoms with van der Waals surface area (Å²) in [7, 11) is 0. The number of ether oxygens (including phenoxy) is 1. The monoisotopic (exact) mass is 240 g/mol. The van der Waals surface area contributed by atoms with Crippen LogP contribution in [0.1, 0.15) is 40.0 Å². The molecule has 0 aromatic rings. The number of hydrogen-bond acceptors (Lipinski definition) is 3. The van der Waals surface area contributed by atoms with Crippen LogP contribution in [0.25, 0.3) is 0 Å². The third-order valence-corrected chi connectivity index (χ3v) is 3.96. The number of rotatable bonds is 3. The Labute approximate surface area is 104 Å². The van der Waals surface area contributed by atoms with Crippen molar-refractivity contribution in [2.24, 2.45) is 0 Å². The Morgan fingerprint density at radius 1 is 1.59 bits per heavy atom. The van der Waals surface area contributed by atoms with Crippen molar-refractivity contribution in [2.45, 2.75) is 57.7 Å². The normalized spacial score (nSPS) is 35.3. The first kappa shape index (κ1) is 12.8. The molecule has 4 heteroatoms. The van der Waals surface area contributed by atoms with Gasteiger partial charge in [-0.3, -0.25) is 9.69 Å². The van der Waals surface area contributed by atoms with E-state index in [2.05, 4.69) is 31.0 Å². The average Bonchev–Trinajstić information content (AvgIpc) is 2.71. The largest absolute Gasteiger partial charge is 0.364 e. The van der Waals surface area contributed by atoms with Crippen LogP contribution in [0.4, 0.5) is 0 Å². The van der Waals surface area contributed by atoms with Crippen LogP contribution in [-0.2, 0) is 9.53 Å². The number of nitrogens with one attached hydrogen (secondary N) is 1. The molecule has 1 amide bonds. The Morgan fingerprint density at radius 2 is 2.35 bits per heavy atom. The second-order valence-corrected chi connectivity index (χ2v) is 5.85. The fourth-order valence-corrected chi connectivity index (χ4v) is 3.01. The quantitative estimate of drug-likeness (QED) is 0.804. The van der Waals surface area contributed by atoms with Crippen LogP contribution in [0.5, 0.6) is 0 Å². The van der Waals surface area contributed by atoms with Crippen molar-refractivity contribution in [3.05, 3.63) is 0 Å². The van der Waals surface area contributed by atoms with Gasteiger partial charge >= 0.3 is 0 Å². The van der Waals surface area contributed by atoms with Gasteiger partial charge in [0.2, 0.25) is 5.91 Å². The number of morpholine rings is 1. The Hall–Kier alpha value is -0.610. The number of hydrogen-bond donors (Lipinski definition) is 1. The third kappa shape index (κ3) is 2.99. The maximum absolute atomic E-state index is 11.1. The summed E-state index contributed by atoms with van der Waals surface area (Å²) in [6, 6.07) is 1.21. The van der Waals surface area contributed by atoms with Crippen LogP contribution in [0.15, 0.2) is 0 Å². The van der Waals surface area contributed by atoms with Gasteiger partial charge in [0.15, 0.2) is 0 Å². The van der Waals surface area contributed by atoms with Crippen LogP contribution in [-0.4, -0.2) is 48.2 Å². The van der Waals surface area contributed by atoms with Crippen molar-refractivity contribution in [3.8, 4) is 0 Å². The van der Waals surface area contributed by atoms with Crippen LogP contribution < -0.4 is 5.32 Å². The summed E-state index contributed by atoms with van der Waals surface area (Å²) in [5.41, 5.74) is -0.184. The molecular weight excluding hydrogens is 216 g/mol. The van der Waals surface area contributed by atoms with Crippen molar-refractivity contribution >= 4 is 5.91 Å². The van der Waals surface area contributed by atoms with Gasteiger partial charge in [-0.25, -0.2) is 0 Å². The van der Waals surface area contributed by atoms with E-state index in [9.17, 15) is 4.79 Å². The SMILES string of the molecule is CC(C)N1CCCC1CC1(C)CNC(=O)CO1. The second-order valence-electron chi connectivity index (χ2n) is 5.85. The molecule has 2 fully saturated rings. The zero-order chi connectivity index (χ0) is 12.5. The lowest BCUT2D eigenvalue weighted by atomic mass is 9.93. The van der Waals surface area contributed by atoms with Crippen molar-refractivity contribution in [1.82, 2.24) is 10.2 Å². The first-order valence-electron chi connectivity index (χ1n) is 6.66. The third-order valence-electron chi connectivity index (χ3n) is 3.96. The molecule has 4 nitrogen and oxygen atoms in total. The van der Waals surface area contributed by atoms with E-state index >= 15 is 0 Å². The molecule has 98 valence electrons. The summed E-state index contributed by atoms with van der Waals surface area (Å²) in [6.45, 7) is 8.68. The fraction of sp³-hybridized carbons (Fsp3) is 0.923. The molecule has 2 saturated heterocycles. The molecule has 2 aliphatic rings. The molecule has 2 heterocycles. The molecule has 0 spiro atoms. The molecule has 0 radical (unpaired) electrons. The minimum Gasteiger partial charge on any atom is -0.364 e. The van der Waals surface area contributed by atoms with Crippen molar-refractivity contribution < 1.29 is 9.53 Å². The van der Waals surface area contributed by atoms with Crippen LogP contribution in [0.3, 0.4) is 0 Å². The van der Waals surface area contributed by atoms with E-state index in [-0.39, 0.29) is 18.1 Å². The van der Waals surface area contributed by atoms with E-state index in [1.54, 1.807) is 0 Å². The number of carbonyl (C=O) groups is 1. The molecule has 0 aliphatic carbocycles. The minimum absolute atomic E-state index is 0.00890. The zero-order valence-electron chi connectivity index (χ0n) is 11.2. The lowest BCUT2D eigenvalue weighted by Gasteiger charge is -2.39. The van der Waals surface area contributed by atoms with Crippen molar-refractivity contribution in [3.63, 3.8) is 0 Å². The Morgan fingerprint density at radius 3 is 2.94 bits per heavy atom. The van der Waals surface area contributed by atoms with E-state index in [1.165, 1.54) is 19.4 Å². The van der Waals surface area contributed by atoms with E-state index in [4.69, 9.17) is 4.74 Å². The number of carbonyl (C=O) groups excluding carboxylic acids is 1. The van der Waals surface area contributed by atoms with E-state index < -0.39 is 0 Å². The first-order valence-corrected chi connectivity index (χ1v) is 6.66. The average molecular weight is 240 g/mol. The van der Waals surface area contributed by atoms with Gasteiger partial charge in [-0.15, -0.1) is 0 Å². The number of amides is 1. The van der Waals surface area contributed by atoms with E-state index in [0.717, 1.165) is 6.42 Å². The molecule has 17 heavy (non-hydrogen) atoms. The molecule has 0 bridgehead atoms. The van der Waals surface area contributed by atoms with Crippen LogP contribution >= 0.6 is 0 Å². The van der Waals surface area contributed by atoms with Gasteiger partial charge in [-0.1, -0.05) is 0 Å². The topological polar surface area (TPSA) is 41.6 Å². The second kappa shape index (κ2) is 4.94. The predicted octanol–water partition coefficient (Wildman–Crippen LogP) is 1.15. The summed E-state index contributed by atoms with van der Waals surface area (Å²) in [5.74, 6) is 0.00890. The highest BCUT2D eigenvalue weighted by atomic mass is 16.5. The lowest BCUT2D eigenvalue weighted by molar-refractivity contribution is -0.144. The van der Waals surface area contributed by atoms with Gasteiger partial charge in [0, 0.05) is 18.6 Å². The maximum atomic E-state index is 11.1. The summed E-state index contributed by atoms with van der Waals surface area (Å²) in [4.78, 5) is 13.7. The molecule has 2 aliphatic heterocycles. The highest BCUT2D eigenvalue weighted by Crippen LogP contribution is 2.29. The van der Waals surface area contributed by atoms with Gasteiger partial charge in [0.1, 0.15) is 6.61 Å². The molecule has 0 saturated carbocycles. The first-order chi connectivity index (χ1) is 8.00. The summed E-state index contributed by atoms with van der Waals surface area (Å²) >= 11 is 0. The van der Waals surface area contributed by atoms with Gasteiger partial charge in [-0.05, 0) is 46.6 Å². The highest BCUT2D eigenvalue weighted by Gasteiger charge is 2.37. The molecule has 2 rings (SSSR count). The summed E-state index contributed by atoms with van der Waals surface area (Å²) in [5, 5.41) is 2.91. The fourth-order valence-electron chi connectivity index (χ4n) is 3.01. The maximum Gasteiger partial charge on any atom is 0.246 e. The smallest absolute Gasteiger partial charge is 0.246 e. The van der Waals surface area contributed by atoms with Crippen LogP contribution in [0, 0.1) is 0 Å². The van der Waals surface area contributed by atoms with Gasteiger partial charge in [-0.2, -0.15) is 0 Å². The van der Waals surface area contributed by atoms with Gasteiger partial charge in [0.05, 0.1) is 5.60 Å². The summed E-state index contributed by atoms with van der Waals surface area (Å²) in [6.07, 6.45) is 3.56. The van der Waals surface area contributed by atoms with Gasteiger partial charge < -0.3 is 10.1 Å². The molecule has 2 atom stereocenters. The van der Waals surface area contributed by atoms with E-state index in [1.807, 2.05) is 0 Å². The molecule has 1 N–H and O–H groups in total. The zero-order valence-corrected chi connectivity index (χ0v) is 11.2. The molecular formula is C13H24N2O2. The minimum atomic E-state index is -0.184. The molecule has 2 unspecified atom stereocenters. The number of likely N-dealkylation sites (tertiary alicyclic amines) is 1. The predicted molar refractivity (Wildman–Crippen MR) is 66.8 cm³/mol. The lowest BCUT2D eigenvalue weighted by Crippen LogP contribution is -2.53. The Kier molecular flexibility index (Phi) is 3.73. The molecule has 0 aromatic heterocycles. The van der Waals surface area contributed by atoms with Crippen molar-refractivity contribution in [2.75, 3.05) is 19.7 Å². The number of nitrogens with zero attached hydrogens (tertiary/aromatic N) is 1. The molecule has 0 aromatic carbocycles. The van der Waals surface area contributed by atoms with E-state index in [0.29, 0.717) is 18.6 Å². The highest BCUT2D eigenvalue weighted by molar-refractivity contribution is 5.77. The summed E-state index contributed by atoms with van der Waals surface area (Å²) < 4.78 is 5.73.